The second-order valence-electron chi connectivity index (χ2n) is 3.74. The molecule has 0 fully saturated rings. The van der Waals surface area contributed by atoms with Gasteiger partial charge in [-0.1, -0.05) is 71.0 Å². The van der Waals surface area contributed by atoms with Gasteiger partial charge in [0.05, 0.1) is 11.6 Å². The lowest BCUT2D eigenvalue weighted by molar-refractivity contribution is 1.14. The van der Waals surface area contributed by atoms with Crippen molar-refractivity contribution in [2.75, 3.05) is 0 Å². The van der Waals surface area contributed by atoms with E-state index in [1.54, 1.807) is 0 Å². The summed E-state index contributed by atoms with van der Waals surface area (Å²) in [6.07, 6.45) is 1.05. The van der Waals surface area contributed by atoms with E-state index >= 15 is 0 Å². The number of nitriles is 1. The van der Waals surface area contributed by atoms with Crippen molar-refractivity contribution in [2.24, 2.45) is 0 Å². The van der Waals surface area contributed by atoms with Gasteiger partial charge in [0, 0.05) is 0 Å². The molecule has 0 radical (unpaired) electrons. The van der Waals surface area contributed by atoms with Crippen LogP contribution in [0.1, 0.15) is 45.7 Å². The molecule has 1 heteroatoms. The first-order valence-electron chi connectivity index (χ1n) is 7.43. The summed E-state index contributed by atoms with van der Waals surface area (Å²) >= 11 is 0. The summed E-state index contributed by atoms with van der Waals surface area (Å²) in [4.78, 5) is 0. The van der Waals surface area contributed by atoms with Crippen LogP contribution >= 0.6 is 0 Å². The highest BCUT2D eigenvalue weighted by Gasteiger charge is 1.98. The molecule has 0 amide bonds. The lowest BCUT2D eigenvalue weighted by atomic mass is 10.0. The van der Waals surface area contributed by atoms with Gasteiger partial charge in [0.15, 0.2) is 0 Å². The van der Waals surface area contributed by atoms with Crippen LogP contribution < -0.4 is 0 Å². The number of hydrogen-bond donors (Lipinski definition) is 0. The first kappa shape index (κ1) is 17.9. The summed E-state index contributed by atoms with van der Waals surface area (Å²) in [6.45, 7) is 10.1. The van der Waals surface area contributed by atoms with Crippen molar-refractivity contribution < 1.29 is 0 Å². The molecule has 0 N–H and O–H groups in total. The van der Waals surface area contributed by atoms with Gasteiger partial charge in [-0.25, -0.2) is 0 Å². The summed E-state index contributed by atoms with van der Waals surface area (Å²) in [6, 6.07) is 18.3. The Labute approximate surface area is 123 Å². The zero-order valence-corrected chi connectivity index (χ0v) is 13.3. The van der Waals surface area contributed by atoms with Crippen LogP contribution in [0.3, 0.4) is 0 Å². The molecule has 0 aliphatic rings. The first-order valence-corrected chi connectivity index (χ1v) is 7.43. The molecule has 20 heavy (non-hydrogen) atoms. The first-order chi connectivity index (χ1) is 9.83. The second-order valence-corrected chi connectivity index (χ2v) is 3.74. The Morgan fingerprint density at radius 2 is 1.45 bits per heavy atom. The molecule has 0 spiro atoms. The predicted molar refractivity (Wildman–Crippen MR) is 88.7 cm³/mol. The van der Waals surface area contributed by atoms with E-state index in [0.29, 0.717) is 5.56 Å². The normalized spacial score (nSPS) is 8.40. The molecule has 2 aromatic carbocycles. The Hall–Kier alpha value is -2.07. The third kappa shape index (κ3) is 5.28. The second kappa shape index (κ2) is 10.8. The van der Waals surface area contributed by atoms with Gasteiger partial charge in [0.2, 0.25) is 0 Å². The zero-order valence-electron chi connectivity index (χ0n) is 13.3. The largest absolute Gasteiger partial charge is 0.192 e. The van der Waals surface area contributed by atoms with Crippen LogP contribution in [0.25, 0.3) is 11.1 Å². The fourth-order valence-electron chi connectivity index (χ4n) is 1.70. The summed E-state index contributed by atoms with van der Waals surface area (Å²) < 4.78 is 0. The lowest BCUT2D eigenvalue weighted by Crippen LogP contribution is -1.82. The fourth-order valence-corrected chi connectivity index (χ4v) is 1.70. The molecule has 0 bridgehead atoms. The van der Waals surface area contributed by atoms with E-state index in [2.05, 4.69) is 37.3 Å². The van der Waals surface area contributed by atoms with Crippen molar-refractivity contribution in [2.45, 2.75) is 41.0 Å². The van der Waals surface area contributed by atoms with Crippen LogP contribution in [0.15, 0.2) is 48.5 Å². The Morgan fingerprint density at radius 3 is 1.95 bits per heavy atom. The number of rotatable bonds is 2. The van der Waals surface area contributed by atoms with E-state index in [4.69, 9.17) is 5.26 Å². The van der Waals surface area contributed by atoms with Gasteiger partial charge in [0.1, 0.15) is 0 Å². The van der Waals surface area contributed by atoms with E-state index in [-0.39, 0.29) is 0 Å². The van der Waals surface area contributed by atoms with E-state index in [9.17, 15) is 0 Å². The van der Waals surface area contributed by atoms with Crippen molar-refractivity contribution >= 4 is 0 Å². The monoisotopic (exact) mass is 267 g/mol. The molecule has 0 heterocycles. The highest BCUT2D eigenvalue weighted by atomic mass is 14.2. The van der Waals surface area contributed by atoms with Crippen molar-refractivity contribution in [1.82, 2.24) is 0 Å². The average Bonchev–Trinajstić information content (AvgIpc) is 2.58. The average molecular weight is 267 g/mol. The van der Waals surface area contributed by atoms with Crippen LogP contribution in [-0.2, 0) is 6.42 Å². The Bertz CT molecular complexity index is 518. The van der Waals surface area contributed by atoms with Crippen LogP contribution in [0.4, 0.5) is 0 Å². The molecule has 0 aliphatic heterocycles. The molecule has 0 aliphatic carbocycles. The molecule has 0 saturated heterocycles. The molecule has 2 rings (SSSR count). The molecule has 1 nitrogen and oxygen atoms in total. The van der Waals surface area contributed by atoms with Crippen molar-refractivity contribution in [3.8, 4) is 17.2 Å². The van der Waals surface area contributed by atoms with Crippen LogP contribution in [0.5, 0.6) is 0 Å². The van der Waals surface area contributed by atoms with Gasteiger partial charge in [-0.15, -0.1) is 0 Å². The highest BCUT2D eigenvalue weighted by molar-refractivity contribution is 5.65. The Balaban J connectivity index is 0.000000829. The van der Waals surface area contributed by atoms with Crippen molar-refractivity contribution in [3.63, 3.8) is 0 Å². The zero-order chi connectivity index (χ0) is 15.4. The minimum Gasteiger partial charge on any atom is -0.192 e. The summed E-state index contributed by atoms with van der Waals surface area (Å²) in [5.41, 5.74) is 4.30. The standard InChI is InChI=1S/C15H13N.2C2H6/c1-2-12-6-8-14(9-7-12)15-5-3-4-13(10-15)11-16;2*1-2/h3-10H,2H2,1H3;2*1-2H3. The van der Waals surface area contributed by atoms with Crippen LogP contribution in [0, 0.1) is 11.3 Å². The van der Waals surface area contributed by atoms with E-state index in [1.165, 1.54) is 5.56 Å². The molecular formula is C19H25N. The van der Waals surface area contributed by atoms with Crippen LogP contribution in [0.2, 0.25) is 0 Å². The maximum Gasteiger partial charge on any atom is 0.0991 e. The maximum absolute atomic E-state index is 8.84. The number of aryl methyl sites for hydroxylation is 1. The predicted octanol–water partition coefficient (Wildman–Crippen LogP) is 5.84. The van der Waals surface area contributed by atoms with Crippen molar-refractivity contribution in [3.05, 3.63) is 59.7 Å². The van der Waals surface area contributed by atoms with Gasteiger partial charge in [-0.3, -0.25) is 0 Å². The topological polar surface area (TPSA) is 23.8 Å². The van der Waals surface area contributed by atoms with Crippen LogP contribution in [-0.4, -0.2) is 0 Å². The summed E-state index contributed by atoms with van der Waals surface area (Å²) in [7, 11) is 0. The van der Waals surface area contributed by atoms with E-state index < -0.39 is 0 Å². The lowest BCUT2D eigenvalue weighted by Gasteiger charge is -2.03. The minimum absolute atomic E-state index is 0.706. The number of benzene rings is 2. The van der Waals surface area contributed by atoms with Gasteiger partial charge >= 0.3 is 0 Å². The summed E-state index contributed by atoms with van der Waals surface area (Å²) in [5, 5.41) is 8.84. The third-order valence-corrected chi connectivity index (χ3v) is 2.69. The number of nitrogens with zero attached hydrogens (tertiary/aromatic N) is 1. The van der Waals surface area contributed by atoms with E-state index in [1.807, 2.05) is 52.0 Å². The molecule has 0 atom stereocenters. The highest BCUT2D eigenvalue weighted by Crippen LogP contribution is 2.20. The van der Waals surface area contributed by atoms with Crippen molar-refractivity contribution in [1.29, 1.82) is 5.26 Å². The van der Waals surface area contributed by atoms with Gasteiger partial charge < -0.3 is 0 Å². The molecule has 106 valence electrons. The molecule has 0 aromatic heterocycles. The fraction of sp³-hybridized carbons (Fsp3) is 0.316. The number of hydrogen-bond acceptors (Lipinski definition) is 1. The van der Waals surface area contributed by atoms with E-state index in [0.717, 1.165) is 17.5 Å². The Kier molecular flexibility index (Phi) is 9.70. The van der Waals surface area contributed by atoms with Gasteiger partial charge in [-0.05, 0) is 35.2 Å². The minimum atomic E-state index is 0.706. The molecular weight excluding hydrogens is 242 g/mol. The SMILES string of the molecule is CC.CC.CCc1ccc(-c2cccc(C#N)c2)cc1. The molecule has 0 saturated carbocycles. The summed E-state index contributed by atoms with van der Waals surface area (Å²) in [5.74, 6) is 0. The maximum atomic E-state index is 8.84. The van der Waals surface area contributed by atoms with Gasteiger partial charge in [0.25, 0.3) is 0 Å². The smallest absolute Gasteiger partial charge is 0.0991 e. The Morgan fingerprint density at radius 1 is 0.850 bits per heavy atom. The molecule has 2 aromatic rings. The quantitative estimate of drug-likeness (QED) is 0.670. The molecule has 0 unspecified atom stereocenters. The van der Waals surface area contributed by atoms with Gasteiger partial charge in [-0.2, -0.15) is 5.26 Å². The third-order valence-electron chi connectivity index (χ3n) is 2.69.